The second kappa shape index (κ2) is 6.05. The third-order valence-corrected chi connectivity index (χ3v) is 5.05. The minimum atomic E-state index is -0.416. The highest BCUT2D eigenvalue weighted by molar-refractivity contribution is 5.94. The molecule has 0 aromatic carbocycles. The molecule has 3 aliphatic rings. The fraction of sp³-hybridized carbons (Fsp3) is 0.688. The lowest BCUT2D eigenvalue weighted by Gasteiger charge is -2.35. The molecule has 1 aromatic rings. The van der Waals surface area contributed by atoms with Crippen LogP contribution in [0.2, 0.25) is 0 Å². The van der Waals surface area contributed by atoms with Crippen molar-refractivity contribution in [2.24, 2.45) is 5.92 Å². The number of nitrogens with zero attached hydrogens (tertiary/aromatic N) is 3. The lowest BCUT2D eigenvalue weighted by atomic mass is 10.1. The Bertz CT molecular complexity index is 592. The largest absolute Gasteiger partial charge is 0.465 e. The summed E-state index contributed by atoms with van der Waals surface area (Å²) in [6, 6.07) is 0.728. The van der Waals surface area contributed by atoms with E-state index < -0.39 is 5.97 Å². The fourth-order valence-electron chi connectivity index (χ4n) is 3.65. The number of nitrogens with one attached hydrogen (secondary N) is 1. The summed E-state index contributed by atoms with van der Waals surface area (Å²) in [7, 11) is 1.37. The van der Waals surface area contributed by atoms with Gasteiger partial charge < -0.3 is 14.8 Å². The molecule has 23 heavy (non-hydrogen) atoms. The van der Waals surface area contributed by atoms with Gasteiger partial charge in [-0.1, -0.05) is 0 Å². The summed E-state index contributed by atoms with van der Waals surface area (Å²) in [6.45, 7) is 2.80. The number of hydrogen-bond acceptors (Lipinski definition) is 7. The number of carbonyl (C=O) groups excluding carboxylic acids is 1. The Hall–Kier alpha value is -1.73. The van der Waals surface area contributed by atoms with Crippen LogP contribution in [0, 0.1) is 5.92 Å². The number of esters is 1. The van der Waals surface area contributed by atoms with E-state index in [9.17, 15) is 4.79 Å². The predicted octanol–water partition coefficient (Wildman–Crippen LogP) is 0.927. The van der Waals surface area contributed by atoms with Gasteiger partial charge in [-0.3, -0.25) is 4.90 Å². The first kappa shape index (κ1) is 14.8. The second-order valence-electron chi connectivity index (χ2n) is 6.67. The Morgan fingerprint density at radius 1 is 1.43 bits per heavy atom. The third-order valence-electron chi connectivity index (χ3n) is 5.05. The second-order valence-corrected chi connectivity index (χ2v) is 6.67. The summed E-state index contributed by atoms with van der Waals surface area (Å²) in [5.41, 5.74) is 0.381. The molecule has 0 radical (unpaired) electrons. The van der Waals surface area contributed by atoms with Gasteiger partial charge in [-0.2, -0.15) is 0 Å². The number of fused-ring (bicyclic) bond motifs is 1. The SMILES string of the molecule is COC(=O)c1cncnc1N[C@H]1C[C@H]2CO[C@H](C3CC3)CN2C1. The summed E-state index contributed by atoms with van der Waals surface area (Å²) >= 11 is 0. The lowest BCUT2D eigenvalue weighted by Crippen LogP contribution is -2.47. The van der Waals surface area contributed by atoms with Crippen molar-refractivity contribution in [2.75, 3.05) is 32.1 Å². The van der Waals surface area contributed by atoms with Gasteiger partial charge in [0.25, 0.3) is 0 Å². The Labute approximate surface area is 135 Å². The number of rotatable bonds is 4. The van der Waals surface area contributed by atoms with Crippen LogP contribution in [0.4, 0.5) is 5.82 Å². The van der Waals surface area contributed by atoms with E-state index in [0.717, 1.165) is 32.0 Å². The predicted molar refractivity (Wildman–Crippen MR) is 83.2 cm³/mol. The van der Waals surface area contributed by atoms with Gasteiger partial charge in [-0.15, -0.1) is 0 Å². The van der Waals surface area contributed by atoms with Crippen LogP contribution in [0.15, 0.2) is 12.5 Å². The molecule has 1 aromatic heterocycles. The van der Waals surface area contributed by atoms with Gasteiger partial charge in [0.05, 0.1) is 19.8 Å². The van der Waals surface area contributed by atoms with Gasteiger partial charge in [-0.05, 0) is 25.2 Å². The van der Waals surface area contributed by atoms with Crippen LogP contribution in [-0.2, 0) is 9.47 Å². The number of anilines is 1. The van der Waals surface area contributed by atoms with Crippen molar-refractivity contribution < 1.29 is 14.3 Å². The van der Waals surface area contributed by atoms with Crippen molar-refractivity contribution in [3.8, 4) is 0 Å². The molecule has 3 atom stereocenters. The molecule has 7 heteroatoms. The van der Waals surface area contributed by atoms with E-state index in [1.54, 1.807) is 0 Å². The van der Waals surface area contributed by atoms with E-state index in [1.807, 2.05) is 0 Å². The number of methoxy groups -OCH3 is 1. The molecule has 0 amide bonds. The van der Waals surface area contributed by atoms with Gasteiger partial charge in [-0.25, -0.2) is 14.8 Å². The molecule has 2 aliphatic heterocycles. The van der Waals surface area contributed by atoms with Crippen molar-refractivity contribution in [3.05, 3.63) is 18.1 Å². The summed E-state index contributed by atoms with van der Waals surface area (Å²) in [5, 5.41) is 3.39. The third kappa shape index (κ3) is 3.03. The van der Waals surface area contributed by atoms with Crippen LogP contribution in [-0.4, -0.2) is 65.8 Å². The summed E-state index contributed by atoms with van der Waals surface area (Å²) in [6.07, 6.45) is 6.98. The van der Waals surface area contributed by atoms with Crippen LogP contribution in [0.25, 0.3) is 0 Å². The van der Waals surface area contributed by atoms with Crippen LogP contribution in [0.3, 0.4) is 0 Å². The molecule has 2 saturated heterocycles. The van der Waals surface area contributed by atoms with Crippen molar-refractivity contribution in [1.82, 2.24) is 14.9 Å². The van der Waals surface area contributed by atoms with Gasteiger partial charge in [0.1, 0.15) is 17.7 Å². The molecule has 0 spiro atoms. The molecular formula is C16H22N4O3. The van der Waals surface area contributed by atoms with Crippen molar-refractivity contribution in [1.29, 1.82) is 0 Å². The first-order chi connectivity index (χ1) is 11.2. The first-order valence-corrected chi connectivity index (χ1v) is 8.25. The summed E-state index contributed by atoms with van der Waals surface area (Å²) < 4.78 is 10.8. The number of hydrogen-bond donors (Lipinski definition) is 1. The van der Waals surface area contributed by atoms with E-state index in [-0.39, 0.29) is 6.04 Å². The maximum absolute atomic E-state index is 11.8. The molecule has 0 unspecified atom stereocenters. The molecular weight excluding hydrogens is 296 g/mol. The fourth-order valence-corrected chi connectivity index (χ4v) is 3.65. The van der Waals surface area contributed by atoms with Crippen LogP contribution in [0.5, 0.6) is 0 Å². The monoisotopic (exact) mass is 318 g/mol. The molecule has 1 aliphatic carbocycles. The van der Waals surface area contributed by atoms with Crippen molar-refractivity contribution in [3.63, 3.8) is 0 Å². The number of morpholine rings is 1. The average molecular weight is 318 g/mol. The molecule has 1 saturated carbocycles. The van der Waals surface area contributed by atoms with E-state index in [4.69, 9.17) is 9.47 Å². The summed E-state index contributed by atoms with van der Waals surface area (Å²) in [4.78, 5) is 22.5. The molecule has 4 rings (SSSR count). The molecule has 124 valence electrons. The highest BCUT2D eigenvalue weighted by atomic mass is 16.5. The topological polar surface area (TPSA) is 76.6 Å². The maximum atomic E-state index is 11.8. The molecule has 0 bridgehead atoms. The molecule has 3 fully saturated rings. The highest BCUT2D eigenvalue weighted by Crippen LogP contribution is 2.38. The smallest absolute Gasteiger partial charge is 0.343 e. The molecule has 7 nitrogen and oxygen atoms in total. The van der Waals surface area contributed by atoms with E-state index >= 15 is 0 Å². The average Bonchev–Trinajstić information content (AvgIpc) is 3.35. The Kier molecular flexibility index (Phi) is 3.90. The number of aromatic nitrogens is 2. The number of carbonyl (C=O) groups is 1. The standard InChI is InChI=1S/C16H22N4O3/c1-22-16(21)13-5-17-9-18-15(13)19-11-4-12-8-23-14(10-2-3-10)7-20(12)6-11/h5,9-12,14H,2-4,6-8H2,1H3,(H,17,18,19)/t11-,12-,14-/m0/s1. The normalized spacial score (nSPS) is 30.7. The maximum Gasteiger partial charge on any atom is 0.343 e. The first-order valence-electron chi connectivity index (χ1n) is 8.25. The van der Waals surface area contributed by atoms with Gasteiger partial charge in [0, 0.05) is 31.4 Å². The highest BCUT2D eigenvalue weighted by Gasteiger charge is 2.42. The van der Waals surface area contributed by atoms with Crippen LogP contribution >= 0.6 is 0 Å². The quantitative estimate of drug-likeness (QED) is 0.827. The number of ether oxygens (including phenoxy) is 2. The van der Waals surface area contributed by atoms with Gasteiger partial charge in [0.2, 0.25) is 0 Å². The zero-order chi connectivity index (χ0) is 15.8. The van der Waals surface area contributed by atoms with Gasteiger partial charge in [0.15, 0.2) is 0 Å². The van der Waals surface area contributed by atoms with E-state index in [0.29, 0.717) is 23.5 Å². The van der Waals surface area contributed by atoms with E-state index in [2.05, 4.69) is 20.2 Å². The zero-order valence-corrected chi connectivity index (χ0v) is 13.3. The summed E-state index contributed by atoms with van der Waals surface area (Å²) in [5.74, 6) is 0.910. The minimum absolute atomic E-state index is 0.264. The Balaban J connectivity index is 1.42. The molecule has 1 N–H and O–H groups in total. The van der Waals surface area contributed by atoms with Crippen LogP contribution < -0.4 is 5.32 Å². The zero-order valence-electron chi connectivity index (χ0n) is 13.3. The minimum Gasteiger partial charge on any atom is -0.465 e. The molecule has 3 heterocycles. The Morgan fingerprint density at radius 2 is 2.30 bits per heavy atom. The van der Waals surface area contributed by atoms with Gasteiger partial charge >= 0.3 is 5.97 Å². The van der Waals surface area contributed by atoms with E-state index in [1.165, 1.54) is 32.5 Å². The van der Waals surface area contributed by atoms with Crippen molar-refractivity contribution >= 4 is 11.8 Å². The van der Waals surface area contributed by atoms with Crippen LogP contribution in [0.1, 0.15) is 29.6 Å². The Morgan fingerprint density at radius 3 is 3.09 bits per heavy atom. The lowest BCUT2D eigenvalue weighted by molar-refractivity contribution is -0.0581. The van der Waals surface area contributed by atoms with Crippen molar-refractivity contribution in [2.45, 2.75) is 37.5 Å².